The van der Waals surface area contributed by atoms with Crippen LogP contribution in [0.4, 0.5) is 0 Å². The van der Waals surface area contributed by atoms with Crippen LogP contribution in [-0.4, -0.2) is 21.2 Å². The van der Waals surface area contributed by atoms with E-state index in [1.165, 1.54) is 0 Å². The molecule has 1 aromatic rings. The Kier molecular flexibility index (Phi) is 5.57. The van der Waals surface area contributed by atoms with Crippen LogP contribution in [-0.2, 0) is 9.47 Å². The molecular formula is C13H19BO2. The van der Waals surface area contributed by atoms with E-state index in [1.54, 1.807) is 0 Å². The molecule has 0 spiro atoms. The maximum absolute atomic E-state index is 6.04. The van der Waals surface area contributed by atoms with Crippen LogP contribution in [0.5, 0.6) is 0 Å². The minimum absolute atomic E-state index is 0.0199. The molecule has 1 atom stereocenters. The summed E-state index contributed by atoms with van der Waals surface area (Å²) >= 11 is 0. The van der Waals surface area contributed by atoms with Crippen LogP contribution < -0.4 is 5.46 Å². The highest BCUT2D eigenvalue weighted by Crippen LogP contribution is 2.19. The summed E-state index contributed by atoms with van der Waals surface area (Å²) in [6.45, 7) is 7.03. The van der Waals surface area contributed by atoms with Gasteiger partial charge in [-0.2, -0.15) is 0 Å². The predicted octanol–water partition coefficient (Wildman–Crippen LogP) is 2.25. The van der Waals surface area contributed by atoms with Gasteiger partial charge in [0.25, 0.3) is 0 Å². The highest BCUT2D eigenvalue weighted by molar-refractivity contribution is 6.34. The number of rotatable bonds is 6. The number of ether oxygens (including phenoxy) is 2. The molecule has 0 heterocycles. The Balaban J connectivity index is 2.74. The summed E-state index contributed by atoms with van der Waals surface area (Å²) in [5, 5.41) is 0. The third kappa shape index (κ3) is 3.36. The van der Waals surface area contributed by atoms with Gasteiger partial charge in [-0.1, -0.05) is 36.1 Å². The molecule has 0 fully saturated rings. The van der Waals surface area contributed by atoms with Crippen molar-refractivity contribution in [3.63, 3.8) is 0 Å². The lowest BCUT2D eigenvalue weighted by Crippen LogP contribution is -2.19. The maximum atomic E-state index is 6.04. The van der Waals surface area contributed by atoms with Crippen LogP contribution in [0.2, 0.25) is 0 Å². The van der Waals surface area contributed by atoms with Gasteiger partial charge in [0.2, 0.25) is 0 Å². The zero-order valence-corrected chi connectivity index (χ0v) is 10.3. The van der Waals surface area contributed by atoms with E-state index < -0.39 is 0 Å². The first-order chi connectivity index (χ1) is 7.70. The number of hydrogen-bond donors (Lipinski definition) is 0. The topological polar surface area (TPSA) is 18.5 Å². The molecule has 16 heavy (non-hydrogen) atoms. The molecule has 0 saturated carbocycles. The van der Waals surface area contributed by atoms with Gasteiger partial charge in [0.1, 0.15) is 14.6 Å². The fraction of sp³-hybridized carbons (Fsp3) is 0.538. The van der Waals surface area contributed by atoms with Crippen molar-refractivity contribution >= 4 is 13.3 Å². The quantitative estimate of drug-likeness (QED) is 0.414. The first kappa shape index (κ1) is 13.3. The van der Waals surface area contributed by atoms with E-state index in [0.717, 1.165) is 23.0 Å². The Hall–Kier alpha value is -0.795. The van der Waals surface area contributed by atoms with Crippen molar-refractivity contribution in [3.8, 4) is 0 Å². The van der Waals surface area contributed by atoms with Crippen LogP contribution >= 0.6 is 0 Å². The number of aryl methyl sites for hydroxylation is 1. The first-order valence-corrected chi connectivity index (χ1v) is 5.75. The monoisotopic (exact) mass is 218 g/mol. The maximum Gasteiger partial charge on any atom is 0.147 e. The highest BCUT2D eigenvalue weighted by atomic mass is 16.7. The van der Waals surface area contributed by atoms with E-state index in [0.29, 0.717) is 13.4 Å². The standard InChI is InChI=1S/C13H19BO2/c1-4-12(16-9-15-5-2)11-8-6-7-10(3)13(11)14/h6-8,12H,4-5,9H2,1-3H3/t12-/m1/s1. The van der Waals surface area contributed by atoms with Gasteiger partial charge in [0.05, 0.1) is 6.10 Å². The number of hydrogen-bond acceptors (Lipinski definition) is 2. The molecule has 0 aliphatic carbocycles. The molecule has 2 radical (unpaired) electrons. The van der Waals surface area contributed by atoms with E-state index >= 15 is 0 Å². The van der Waals surface area contributed by atoms with Crippen molar-refractivity contribution in [3.05, 3.63) is 29.3 Å². The van der Waals surface area contributed by atoms with Crippen LogP contribution in [0.15, 0.2) is 18.2 Å². The van der Waals surface area contributed by atoms with Gasteiger partial charge < -0.3 is 9.47 Å². The third-order valence-electron chi connectivity index (χ3n) is 2.63. The van der Waals surface area contributed by atoms with Crippen molar-refractivity contribution in [2.75, 3.05) is 13.4 Å². The Labute approximate surface area is 99.4 Å². The average molecular weight is 218 g/mol. The molecule has 86 valence electrons. The van der Waals surface area contributed by atoms with Crippen molar-refractivity contribution in [2.45, 2.75) is 33.3 Å². The van der Waals surface area contributed by atoms with Crippen LogP contribution in [0.3, 0.4) is 0 Å². The normalized spacial score (nSPS) is 12.7. The minimum Gasteiger partial charge on any atom is -0.356 e. The molecule has 0 amide bonds. The predicted molar refractivity (Wildman–Crippen MR) is 67.2 cm³/mol. The van der Waals surface area contributed by atoms with Crippen molar-refractivity contribution in [1.82, 2.24) is 0 Å². The molecule has 0 aromatic heterocycles. The second-order valence-electron chi connectivity index (χ2n) is 3.75. The lowest BCUT2D eigenvalue weighted by molar-refractivity contribution is -0.0883. The van der Waals surface area contributed by atoms with Gasteiger partial charge in [0, 0.05) is 6.61 Å². The summed E-state index contributed by atoms with van der Waals surface area (Å²) in [6, 6.07) is 6.03. The fourth-order valence-electron chi connectivity index (χ4n) is 1.63. The van der Waals surface area contributed by atoms with E-state index in [2.05, 4.69) is 6.92 Å². The Bertz CT molecular complexity index is 326. The van der Waals surface area contributed by atoms with Gasteiger partial charge >= 0.3 is 0 Å². The summed E-state index contributed by atoms with van der Waals surface area (Å²) in [4.78, 5) is 0. The van der Waals surface area contributed by atoms with Gasteiger partial charge in [-0.25, -0.2) is 0 Å². The van der Waals surface area contributed by atoms with E-state index in [1.807, 2.05) is 32.0 Å². The van der Waals surface area contributed by atoms with Gasteiger partial charge in [0.15, 0.2) is 0 Å². The fourth-order valence-corrected chi connectivity index (χ4v) is 1.63. The Morgan fingerprint density at radius 2 is 2.06 bits per heavy atom. The molecular weight excluding hydrogens is 199 g/mol. The molecule has 0 aliphatic heterocycles. The van der Waals surface area contributed by atoms with Crippen LogP contribution in [0.25, 0.3) is 0 Å². The largest absolute Gasteiger partial charge is 0.356 e. The second-order valence-corrected chi connectivity index (χ2v) is 3.75. The second kappa shape index (κ2) is 6.72. The molecule has 0 bridgehead atoms. The average Bonchev–Trinajstić information content (AvgIpc) is 2.29. The zero-order valence-electron chi connectivity index (χ0n) is 10.3. The first-order valence-electron chi connectivity index (χ1n) is 5.75. The molecule has 0 aliphatic rings. The molecule has 0 unspecified atom stereocenters. The Morgan fingerprint density at radius 3 is 2.69 bits per heavy atom. The van der Waals surface area contributed by atoms with Gasteiger partial charge in [-0.05, 0) is 25.8 Å². The van der Waals surface area contributed by atoms with Crippen molar-refractivity contribution in [2.24, 2.45) is 0 Å². The van der Waals surface area contributed by atoms with E-state index in [4.69, 9.17) is 17.3 Å². The summed E-state index contributed by atoms with van der Waals surface area (Å²) in [5.74, 6) is 0. The SMILES string of the molecule is [B]c1c(C)cccc1[C@@H](CC)OCOCC. The van der Waals surface area contributed by atoms with Crippen LogP contribution in [0.1, 0.15) is 37.5 Å². The zero-order chi connectivity index (χ0) is 12.0. The summed E-state index contributed by atoms with van der Waals surface area (Å²) in [5.41, 5.74) is 2.98. The molecule has 1 rings (SSSR count). The molecule has 2 nitrogen and oxygen atoms in total. The summed E-state index contributed by atoms with van der Waals surface area (Å²) in [7, 11) is 6.04. The smallest absolute Gasteiger partial charge is 0.147 e. The molecule has 1 aromatic carbocycles. The summed E-state index contributed by atoms with van der Waals surface area (Å²) < 4.78 is 10.8. The number of benzene rings is 1. The van der Waals surface area contributed by atoms with Gasteiger partial charge in [-0.3, -0.25) is 0 Å². The minimum atomic E-state index is 0.0199. The lowest BCUT2D eigenvalue weighted by Gasteiger charge is -2.19. The highest BCUT2D eigenvalue weighted by Gasteiger charge is 2.12. The summed E-state index contributed by atoms with van der Waals surface area (Å²) in [6.07, 6.45) is 0.909. The lowest BCUT2D eigenvalue weighted by atomic mass is 9.84. The van der Waals surface area contributed by atoms with Gasteiger partial charge in [-0.15, -0.1) is 0 Å². The van der Waals surface area contributed by atoms with Crippen LogP contribution in [0, 0.1) is 6.92 Å². The van der Waals surface area contributed by atoms with Crippen molar-refractivity contribution in [1.29, 1.82) is 0 Å². The third-order valence-corrected chi connectivity index (χ3v) is 2.63. The van der Waals surface area contributed by atoms with Crippen molar-refractivity contribution < 1.29 is 9.47 Å². The Morgan fingerprint density at radius 1 is 1.31 bits per heavy atom. The molecule has 3 heteroatoms. The van der Waals surface area contributed by atoms with E-state index in [-0.39, 0.29) is 6.10 Å². The molecule has 0 N–H and O–H groups in total. The molecule has 0 saturated heterocycles. The van der Waals surface area contributed by atoms with E-state index in [9.17, 15) is 0 Å².